The molecule has 2 heterocycles. The van der Waals surface area contributed by atoms with Crippen molar-refractivity contribution in [2.45, 2.75) is 46.6 Å². The molecule has 8 nitrogen and oxygen atoms in total. The van der Waals surface area contributed by atoms with Gasteiger partial charge in [0.2, 0.25) is 5.91 Å². The van der Waals surface area contributed by atoms with Gasteiger partial charge in [-0.2, -0.15) is 5.11 Å². The van der Waals surface area contributed by atoms with Gasteiger partial charge in [-0.15, -0.1) is 5.11 Å². The highest BCUT2D eigenvalue weighted by Gasteiger charge is 2.16. The standard InChI is InChI=1S/C24H34N6O2/c1-4-29(5-2)24(31)11-7-10-21-26-22(17-23(27-21)30-12-14-32-15-13-30)28-25-18-20-9-6-8-19(3)16-20/h6,8-9,16-17H,4-5,7,10-15,18H2,1-3H3. The van der Waals surface area contributed by atoms with Crippen LogP contribution in [-0.4, -0.2) is 60.2 Å². The van der Waals surface area contributed by atoms with Crippen molar-refractivity contribution in [1.82, 2.24) is 14.9 Å². The molecule has 172 valence electrons. The predicted molar refractivity (Wildman–Crippen MR) is 125 cm³/mol. The first-order valence-corrected chi connectivity index (χ1v) is 11.5. The highest BCUT2D eigenvalue weighted by atomic mass is 16.5. The number of nitrogens with zero attached hydrogens (tertiary/aromatic N) is 6. The number of azo groups is 1. The van der Waals surface area contributed by atoms with E-state index in [1.165, 1.54) is 5.56 Å². The summed E-state index contributed by atoms with van der Waals surface area (Å²) in [5.41, 5.74) is 2.32. The largest absolute Gasteiger partial charge is 0.378 e. The van der Waals surface area contributed by atoms with Crippen LogP contribution in [0.15, 0.2) is 40.6 Å². The molecule has 0 unspecified atom stereocenters. The monoisotopic (exact) mass is 438 g/mol. The number of ether oxygens (including phenoxy) is 1. The lowest BCUT2D eigenvalue weighted by atomic mass is 10.1. The van der Waals surface area contributed by atoms with Crippen molar-refractivity contribution >= 4 is 17.5 Å². The minimum absolute atomic E-state index is 0.178. The minimum Gasteiger partial charge on any atom is -0.378 e. The first kappa shape index (κ1) is 23.8. The maximum absolute atomic E-state index is 12.3. The summed E-state index contributed by atoms with van der Waals surface area (Å²) in [5, 5.41) is 8.75. The van der Waals surface area contributed by atoms with Crippen molar-refractivity contribution < 1.29 is 9.53 Å². The first-order valence-electron chi connectivity index (χ1n) is 11.5. The molecule has 1 saturated heterocycles. The normalized spacial score (nSPS) is 14.2. The van der Waals surface area contributed by atoms with Crippen LogP contribution in [0.2, 0.25) is 0 Å². The van der Waals surface area contributed by atoms with Crippen LogP contribution >= 0.6 is 0 Å². The molecule has 0 atom stereocenters. The number of hydrogen-bond acceptors (Lipinski definition) is 7. The third kappa shape index (κ3) is 7.09. The molecule has 8 heteroatoms. The Morgan fingerprint density at radius 2 is 1.94 bits per heavy atom. The molecule has 0 N–H and O–H groups in total. The van der Waals surface area contributed by atoms with Gasteiger partial charge in [-0.3, -0.25) is 4.79 Å². The molecule has 2 aromatic rings. The van der Waals surface area contributed by atoms with Gasteiger partial charge in [0.05, 0.1) is 19.8 Å². The number of anilines is 1. The van der Waals surface area contributed by atoms with E-state index in [0.717, 1.165) is 37.6 Å². The average Bonchev–Trinajstić information content (AvgIpc) is 2.80. The lowest BCUT2D eigenvalue weighted by Gasteiger charge is -2.28. The Morgan fingerprint density at radius 1 is 1.16 bits per heavy atom. The molecule has 1 amide bonds. The van der Waals surface area contributed by atoms with Crippen LogP contribution in [0.4, 0.5) is 11.6 Å². The van der Waals surface area contributed by atoms with Crippen molar-refractivity contribution in [2.24, 2.45) is 10.2 Å². The van der Waals surface area contributed by atoms with Crippen molar-refractivity contribution in [3.63, 3.8) is 0 Å². The fraction of sp³-hybridized carbons (Fsp3) is 0.542. The van der Waals surface area contributed by atoms with Crippen molar-refractivity contribution in [1.29, 1.82) is 0 Å². The number of hydrogen-bond donors (Lipinski definition) is 0. The maximum atomic E-state index is 12.3. The number of morpholine rings is 1. The summed E-state index contributed by atoms with van der Waals surface area (Å²) >= 11 is 0. The summed E-state index contributed by atoms with van der Waals surface area (Å²) in [6.07, 6.45) is 1.84. The fourth-order valence-corrected chi connectivity index (χ4v) is 3.72. The van der Waals surface area contributed by atoms with E-state index < -0.39 is 0 Å². The molecular weight excluding hydrogens is 404 g/mol. The van der Waals surface area contributed by atoms with Crippen molar-refractivity contribution in [3.05, 3.63) is 47.3 Å². The molecule has 0 saturated carbocycles. The van der Waals surface area contributed by atoms with Gasteiger partial charge in [-0.05, 0) is 32.8 Å². The summed E-state index contributed by atoms with van der Waals surface area (Å²) in [4.78, 5) is 25.7. The van der Waals surface area contributed by atoms with Crippen LogP contribution in [0.25, 0.3) is 0 Å². The third-order valence-electron chi connectivity index (χ3n) is 5.50. The quantitative estimate of drug-likeness (QED) is 0.522. The highest BCUT2D eigenvalue weighted by molar-refractivity contribution is 5.76. The van der Waals surface area contributed by atoms with E-state index in [9.17, 15) is 4.79 Å². The van der Waals surface area contributed by atoms with Crippen LogP contribution in [0, 0.1) is 6.92 Å². The van der Waals surface area contributed by atoms with Gasteiger partial charge < -0.3 is 14.5 Å². The molecule has 1 aromatic carbocycles. The van der Waals surface area contributed by atoms with Crippen LogP contribution in [-0.2, 0) is 22.5 Å². The Hall–Kier alpha value is -2.87. The molecule has 32 heavy (non-hydrogen) atoms. The smallest absolute Gasteiger partial charge is 0.222 e. The lowest BCUT2D eigenvalue weighted by molar-refractivity contribution is -0.130. The van der Waals surface area contributed by atoms with Crippen LogP contribution in [0.3, 0.4) is 0 Å². The van der Waals surface area contributed by atoms with E-state index in [0.29, 0.717) is 50.7 Å². The zero-order chi connectivity index (χ0) is 22.8. The third-order valence-corrected chi connectivity index (χ3v) is 5.50. The molecule has 1 aliphatic heterocycles. The van der Waals surface area contributed by atoms with Crippen LogP contribution < -0.4 is 4.90 Å². The van der Waals surface area contributed by atoms with Gasteiger partial charge in [0.1, 0.15) is 11.6 Å². The van der Waals surface area contributed by atoms with E-state index in [1.807, 2.05) is 36.9 Å². The number of benzene rings is 1. The molecule has 0 radical (unpaired) electrons. The highest BCUT2D eigenvalue weighted by Crippen LogP contribution is 2.21. The summed E-state index contributed by atoms with van der Waals surface area (Å²) in [7, 11) is 0. The Bertz CT molecular complexity index is 907. The number of amides is 1. The topological polar surface area (TPSA) is 83.3 Å². The van der Waals surface area contributed by atoms with E-state index in [2.05, 4.69) is 39.2 Å². The second-order valence-electron chi connectivity index (χ2n) is 7.91. The SMILES string of the molecule is CCN(CC)C(=O)CCCc1nc(N=NCc2cccc(C)c2)cc(N2CCOCC2)n1. The lowest BCUT2D eigenvalue weighted by Crippen LogP contribution is -2.36. The number of rotatable bonds is 10. The van der Waals surface area contributed by atoms with E-state index >= 15 is 0 Å². The Morgan fingerprint density at radius 3 is 2.66 bits per heavy atom. The van der Waals surface area contributed by atoms with Gasteiger partial charge in [-0.25, -0.2) is 9.97 Å². The molecule has 1 fully saturated rings. The minimum atomic E-state index is 0.178. The summed E-state index contributed by atoms with van der Waals surface area (Å²) in [6, 6.07) is 10.1. The fourth-order valence-electron chi connectivity index (χ4n) is 3.72. The summed E-state index contributed by atoms with van der Waals surface area (Å²) < 4.78 is 5.47. The van der Waals surface area contributed by atoms with Crippen molar-refractivity contribution in [3.8, 4) is 0 Å². The first-order chi connectivity index (χ1) is 15.6. The van der Waals surface area contributed by atoms with Gasteiger partial charge in [0.15, 0.2) is 5.82 Å². The predicted octanol–water partition coefficient (Wildman–Crippen LogP) is 4.10. The van der Waals surface area contributed by atoms with E-state index in [1.54, 1.807) is 0 Å². The molecule has 0 aliphatic carbocycles. The number of carbonyl (C=O) groups excluding carboxylic acids is 1. The number of aryl methyl sites for hydroxylation is 2. The van der Waals surface area contributed by atoms with Crippen molar-refractivity contribution in [2.75, 3.05) is 44.3 Å². The second-order valence-corrected chi connectivity index (χ2v) is 7.91. The summed E-state index contributed by atoms with van der Waals surface area (Å²) in [6.45, 7) is 11.0. The van der Waals surface area contributed by atoms with Gasteiger partial charge >= 0.3 is 0 Å². The molecule has 0 spiro atoms. The Kier molecular flexibility index (Phi) is 9.10. The maximum Gasteiger partial charge on any atom is 0.222 e. The second kappa shape index (κ2) is 12.2. The Balaban J connectivity index is 1.70. The van der Waals surface area contributed by atoms with Crippen LogP contribution in [0.5, 0.6) is 0 Å². The molecule has 0 bridgehead atoms. The number of carbonyl (C=O) groups is 1. The van der Waals surface area contributed by atoms with Crippen LogP contribution in [0.1, 0.15) is 43.6 Å². The molecular formula is C24H34N6O2. The van der Waals surface area contributed by atoms with E-state index in [-0.39, 0.29) is 5.91 Å². The molecule has 1 aromatic heterocycles. The molecule has 3 rings (SSSR count). The van der Waals surface area contributed by atoms with Gasteiger partial charge in [-0.1, -0.05) is 29.8 Å². The summed E-state index contributed by atoms with van der Waals surface area (Å²) in [5.74, 6) is 2.28. The van der Waals surface area contributed by atoms with E-state index in [4.69, 9.17) is 9.72 Å². The zero-order valence-electron chi connectivity index (χ0n) is 19.5. The average molecular weight is 439 g/mol. The Labute approximate surface area is 190 Å². The zero-order valence-corrected chi connectivity index (χ0v) is 19.5. The molecule has 1 aliphatic rings. The van der Waals surface area contributed by atoms with Gasteiger partial charge in [0, 0.05) is 45.1 Å². The number of aromatic nitrogens is 2. The van der Waals surface area contributed by atoms with Gasteiger partial charge in [0.25, 0.3) is 0 Å².